The van der Waals surface area contributed by atoms with E-state index in [1.807, 2.05) is 0 Å². The number of hydrogen-bond donors (Lipinski definition) is 2. The standard InChI is InChI=1S/C14H26N2O3/c1-12-2-6-16(7-3-12)10-13(17)15-11-14(18)4-8-19-9-5-14/h12,18H,2-11H2,1H3,(H,15,17). The van der Waals surface area contributed by atoms with Crippen LogP contribution in [0.1, 0.15) is 32.6 Å². The molecule has 19 heavy (non-hydrogen) atoms. The minimum Gasteiger partial charge on any atom is -0.388 e. The van der Waals surface area contributed by atoms with Crippen LogP contribution in [0.25, 0.3) is 0 Å². The first-order chi connectivity index (χ1) is 9.07. The molecular weight excluding hydrogens is 244 g/mol. The molecule has 2 rings (SSSR count). The number of aliphatic hydroxyl groups is 1. The zero-order valence-corrected chi connectivity index (χ0v) is 11.9. The van der Waals surface area contributed by atoms with Crippen LogP contribution in [0.4, 0.5) is 0 Å². The zero-order valence-electron chi connectivity index (χ0n) is 11.9. The highest BCUT2D eigenvalue weighted by atomic mass is 16.5. The van der Waals surface area contributed by atoms with Crippen molar-refractivity contribution in [2.45, 2.75) is 38.2 Å². The van der Waals surface area contributed by atoms with Gasteiger partial charge in [0.1, 0.15) is 0 Å². The number of rotatable bonds is 4. The molecule has 2 N–H and O–H groups in total. The van der Waals surface area contributed by atoms with E-state index in [-0.39, 0.29) is 5.91 Å². The Hall–Kier alpha value is -0.650. The van der Waals surface area contributed by atoms with Gasteiger partial charge in [0.2, 0.25) is 5.91 Å². The molecule has 0 aromatic rings. The third kappa shape index (κ3) is 4.75. The molecule has 110 valence electrons. The molecule has 2 aliphatic heterocycles. The second-order valence-corrected chi connectivity index (χ2v) is 6.07. The first-order valence-electron chi connectivity index (χ1n) is 7.37. The quantitative estimate of drug-likeness (QED) is 0.775. The van der Waals surface area contributed by atoms with Gasteiger partial charge in [-0.15, -0.1) is 0 Å². The fraction of sp³-hybridized carbons (Fsp3) is 0.929. The third-order valence-corrected chi connectivity index (χ3v) is 4.28. The van der Waals surface area contributed by atoms with Crippen LogP contribution in [0.2, 0.25) is 0 Å². The second-order valence-electron chi connectivity index (χ2n) is 6.07. The second kappa shape index (κ2) is 6.68. The molecule has 2 aliphatic rings. The van der Waals surface area contributed by atoms with Crippen molar-refractivity contribution in [3.05, 3.63) is 0 Å². The average Bonchev–Trinajstić information content (AvgIpc) is 2.40. The molecule has 5 nitrogen and oxygen atoms in total. The summed E-state index contributed by atoms with van der Waals surface area (Å²) >= 11 is 0. The summed E-state index contributed by atoms with van der Waals surface area (Å²) in [5, 5.41) is 13.1. The van der Waals surface area contributed by atoms with Gasteiger partial charge in [0, 0.05) is 32.6 Å². The van der Waals surface area contributed by atoms with Gasteiger partial charge in [-0.3, -0.25) is 9.69 Å². The molecule has 0 radical (unpaired) electrons. The molecular formula is C14H26N2O3. The minimum absolute atomic E-state index is 0.0227. The summed E-state index contributed by atoms with van der Waals surface area (Å²) in [5.41, 5.74) is -0.773. The molecule has 2 fully saturated rings. The summed E-state index contributed by atoms with van der Waals surface area (Å²) in [6.45, 7) is 6.24. The fourth-order valence-corrected chi connectivity index (χ4v) is 2.67. The largest absolute Gasteiger partial charge is 0.388 e. The maximum Gasteiger partial charge on any atom is 0.234 e. The topological polar surface area (TPSA) is 61.8 Å². The molecule has 1 amide bonds. The summed E-state index contributed by atoms with van der Waals surface area (Å²) in [5.74, 6) is 0.803. The Kier molecular flexibility index (Phi) is 5.19. The van der Waals surface area contributed by atoms with Crippen LogP contribution < -0.4 is 5.32 Å². The molecule has 2 saturated heterocycles. The molecule has 2 heterocycles. The Morgan fingerprint density at radius 2 is 2.00 bits per heavy atom. The lowest BCUT2D eigenvalue weighted by Gasteiger charge is -2.33. The first kappa shape index (κ1) is 14.8. The van der Waals surface area contributed by atoms with Crippen LogP contribution >= 0.6 is 0 Å². The van der Waals surface area contributed by atoms with Crippen molar-refractivity contribution in [3.63, 3.8) is 0 Å². The smallest absolute Gasteiger partial charge is 0.234 e. The van der Waals surface area contributed by atoms with Crippen molar-refractivity contribution >= 4 is 5.91 Å². The van der Waals surface area contributed by atoms with Crippen LogP contribution in [-0.2, 0) is 9.53 Å². The summed E-state index contributed by atoms with van der Waals surface area (Å²) in [6.07, 6.45) is 3.56. The van der Waals surface area contributed by atoms with E-state index in [0.717, 1.165) is 19.0 Å². The summed E-state index contributed by atoms with van der Waals surface area (Å²) < 4.78 is 5.22. The van der Waals surface area contributed by atoms with Crippen LogP contribution in [-0.4, -0.2) is 60.9 Å². The van der Waals surface area contributed by atoms with E-state index in [0.29, 0.717) is 39.1 Å². The maximum atomic E-state index is 11.9. The molecule has 5 heteroatoms. The number of carbonyl (C=O) groups is 1. The number of likely N-dealkylation sites (tertiary alicyclic amines) is 1. The van der Waals surface area contributed by atoms with E-state index < -0.39 is 5.60 Å². The Bertz CT molecular complexity index is 295. The molecule has 0 aliphatic carbocycles. The minimum atomic E-state index is -0.773. The predicted molar refractivity (Wildman–Crippen MR) is 72.9 cm³/mol. The Labute approximate surface area is 115 Å². The van der Waals surface area contributed by atoms with Crippen LogP contribution in [0.15, 0.2) is 0 Å². The lowest BCUT2D eigenvalue weighted by molar-refractivity contribution is -0.125. The van der Waals surface area contributed by atoms with Crippen molar-refractivity contribution in [2.24, 2.45) is 5.92 Å². The van der Waals surface area contributed by atoms with E-state index in [4.69, 9.17) is 4.74 Å². The van der Waals surface area contributed by atoms with Gasteiger partial charge in [-0.25, -0.2) is 0 Å². The molecule has 0 atom stereocenters. The Morgan fingerprint density at radius 3 is 2.63 bits per heavy atom. The van der Waals surface area contributed by atoms with Gasteiger partial charge in [-0.1, -0.05) is 6.92 Å². The van der Waals surface area contributed by atoms with Crippen molar-refractivity contribution in [1.82, 2.24) is 10.2 Å². The van der Waals surface area contributed by atoms with E-state index >= 15 is 0 Å². The molecule has 0 bridgehead atoms. The van der Waals surface area contributed by atoms with Crippen LogP contribution in [0.5, 0.6) is 0 Å². The fourth-order valence-electron chi connectivity index (χ4n) is 2.67. The first-order valence-corrected chi connectivity index (χ1v) is 7.37. The highest BCUT2D eigenvalue weighted by molar-refractivity contribution is 5.78. The maximum absolute atomic E-state index is 11.9. The number of nitrogens with one attached hydrogen (secondary N) is 1. The highest BCUT2D eigenvalue weighted by Crippen LogP contribution is 2.19. The molecule has 0 aromatic carbocycles. The van der Waals surface area contributed by atoms with Gasteiger partial charge in [0.05, 0.1) is 12.1 Å². The van der Waals surface area contributed by atoms with Crippen molar-refractivity contribution in [1.29, 1.82) is 0 Å². The number of amides is 1. The van der Waals surface area contributed by atoms with Gasteiger partial charge >= 0.3 is 0 Å². The highest BCUT2D eigenvalue weighted by Gasteiger charge is 2.30. The van der Waals surface area contributed by atoms with Gasteiger partial charge in [-0.2, -0.15) is 0 Å². The summed E-state index contributed by atoms with van der Waals surface area (Å²) in [7, 11) is 0. The van der Waals surface area contributed by atoms with Crippen LogP contribution in [0.3, 0.4) is 0 Å². The number of piperidine rings is 1. The number of nitrogens with zero attached hydrogens (tertiary/aromatic N) is 1. The van der Waals surface area contributed by atoms with E-state index in [1.165, 1.54) is 12.8 Å². The molecule has 0 unspecified atom stereocenters. The van der Waals surface area contributed by atoms with E-state index in [2.05, 4.69) is 17.1 Å². The molecule has 0 saturated carbocycles. The SMILES string of the molecule is CC1CCN(CC(=O)NCC2(O)CCOCC2)CC1. The van der Waals surface area contributed by atoms with Gasteiger partial charge in [0.15, 0.2) is 0 Å². The third-order valence-electron chi connectivity index (χ3n) is 4.28. The van der Waals surface area contributed by atoms with Crippen LogP contribution in [0, 0.1) is 5.92 Å². The van der Waals surface area contributed by atoms with Crippen molar-refractivity contribution in [2.75, 3.05) is 39.4 Å². The lowest BCUT2D eigenvalue weighted by Crippen LogP contribution is -2.49. The number of ether oxygens (including phenoxy) is 1. The van der Waals surface area contributed by atoms with Crippen molar-refractivity contribution in [3.8, 4) is 0 Å². The van der Waals surface area contributed by atoms with Gasteiger partial charge in [0.25, 0.3) is 0 Å². The average molecular weight is 270 g/mol. The summed E-state index contributed by atoms with van der Waals surface area (Å²) in [4.78, 5) is 14.1. The Morgan fingerprint density at radius 1 is 1.37 bits per heavy atom. The monoisotopic (exact) mass is 270 g/mol. The van der Waals surface area contributed by atoms with E-state index in [1.54, 1.807) is 0 Å². The Balaban J connectivity index is 1.66. The normalized spacial score (nSPS) is 25.2. The van der Waals surface area contributed by atoms with Crippen molar-refractivity contribution < 1.29 is 14.6 Å². The number of hydrogen-bond acceptors (Lipinski definition) is 4. The predicted octanol–water partition coefficient (Wildman–Crippen LogP) is 0.376. The van der Waals surface area contributed by atoms with Gasteiger partial charge in [-0.05, 0) is 31.8 Å². The molecule has 0 spiro atoms. The van der Waals surface area contributed by atoms with E-state index in [9.17, 15) is 9.90 Å². The summed E-state index contributed by atoms with van der Waals surface area (Å²) in [6, 6.07) is 0. The zero-order chi connectivity index (χ0) is 13.7. The van der Waals surface area contributed by atoms with Gasteiger partial charge < -0.3 is 15.2 Å². The number of carbonyl (C=O) groups excluding carboxylic acids is 1. The lowest BCUT2D eigenvalue weighted by atomic mass is 9.94. The molecule has 0 aromatic heterocycles.